The van der Waals surface area contributed by atoms with Crippen LogP contribution >= 0.6 is 0 Å². The largest absolute Gasteiger partial charge is 0.248 e. The van der Waals surface area contributed by atoms with Crippen molar-refractivity contribution in [3.05, 3.63) is 12.7 Å². The molecule has 0 aliphatic heterocycles. The Morgan fingerprint density at radius 1 is 1.30 bits per heavy atom. The third-order valence-electron chi connectivity index (χ3n) is 1.19. The van der Waals surface area contributed by atoms with Crippen LogP contribution in [0.2, 0.25) is 0 Å². The number of halogens is 3. The fraction of sp³-hybridized carbons (Fsp3) is 0.714. The van der Waals surface area contributed by atoms with E-state index in [1.165, 1.54) is 6.08 Å². The second-order valence-electron chi connectivity index (χ2n) is 2.05. The van der Waals surface area contributed by atoms with Gasteiger partial charge in [-0.3, -0.25) is 0 Å². The normalized spacial score (nSPS) is 16.3. The van der Waals surface area contributed by atoms with Gasteiger partial charge in [-0.15, -0.1) is 6.58 Å². The van der Waals surface area contributed by atoms with Crippen LogP contribution in [0.15, 0.2) is 12.7 Å². The van der Waals surface area contributed by atoms with Crippen LogP contribution in [-0.4, -0.2) is 19.0 Å². The highest BCUT2D eigenvalue weighted by Crippen LogP contribution is 2.10. The van der Waals surface area contributed by atoms with Crippen LogP contribution in [0.1, 0.15) is 12.8 Å². The maximum Gasteiger partial charge on any atom is 0.159 e. The van der Waals surface area contributed by atoms with E-state index < -0.39 is 19.0 Å². The van der Waals surface area contributed by atoms with Gasteiger partial charge < -0.3 is 0 Å². The Bertz CT molecular complexity index is 92.9. The van der Waals surface area contributed by atoms with Gasteiger partial charge in [-0.25, -0.2) is 13.2 Å². The Kier molecular flexibility index (Phi) is 5.08. The van der Waals surface area contributed by atoms with E-state index in [-0.39, 0.29) is 6.42 Å². The predicted molar refractivity (Wildman–Crippen MR) is 35.2 cm³/mol. The van der Waals surface area contributed by atoms with Crippen molar-refractivity contribution in [1.82, 2.24) is 0 Å². The van der Waals surface area contributed by atoms with Gasteiger partial charge in [-0.05, 0) is 12.8 Å². The molecule has 0 N–H and O–H groups in total. The first-order chi connectivity index (χ1) is 4.72. The minimum absolute atomic E-state index is 0.0224. The fourth-order valence-electron chi connectivity index (χ4n) is 0.555. The minimum atomic E-state index is -1.96. The zero-order valence-corrected chi connectivity index (χ0v) is 5.69. The van der Waals surface area contributed by atoms with Gasteiger partial charge in [0, 0.05) is 0 Å². The molecule has 0 radical (unpaired) electrons. The summed E-state index contributed by atoms with van der Waals surface area (Å²) in [7, 11) is 0. The molecule has 0 nitrogen and oxygen atoms in total. The first-order valence-electron chi connectivity index (χ1n) is 3.17. The summed E-state index contributed by atoms with van der Waals surface area (Å²) < 4.78 is 35.8. The summed E-state index contributed by atoms with van der Waals surface area (Å²) in [4.78, 5) is 0. The summed E-state index contributed by atoms with van der Waals surface area (Å²) in [5, 5.41) is 0. The van der Waals surface area contributed by atoms with E-state index in [1.54, 1.807) is 0 Å². The summed E-state index contributed by atoms with van der Waals surface area (Å²) in [6, 6.07) is 0. The van der Waals surface area contributed by atoms with Crippen LogP contribution in [-0.2, 0) is 0 Å². The summed E-state index contributed by atoms with van der Waals surface area (Å²) in [6.45, 7) is 2.10. The first kappa shape index (κ1) is 9.53. The van der Waals surface area contributed by atoms with Crippen molar-refractivity contribution >= 4 is 0 Å². The third kappa shape index (κ3) is 3.54. The molecule has 2 unspecified atom stereocenters. The standard InChI is InChI=1S/C7H11F3/c1-2-3-4-6(9)7(10)5-8/h2,6-7H,1,3-5H2. The molecule has 0 aromatic carbocycles. The Hall–Kier alpha value is -0.470. The Labute approximate surface area is 58.7 Å². The number of allylic oxidation sites excluding steroid dienone is 1. The number of rotatable bonds is 5. The van der Waals surface area contributed by atoms with Crippen molar-refractivity contribution in [1.29, 1.82) is 0 Å². The fourth-order valence-corrected chi connectivity index (χ4v) is 0.555. The molecule has 2 atom stereocenters. The Morgan fingerprint density at radius 3 is 2.30 bits per heavy atom. The SMILES string of the molecule is C=CCCC(F)C(F)CF. The number of hydrogen-bond acceptors (Lipinski definition) is 0. The van der Waals surface area contributed by atoms with E-state index >= 15 is 0 Å². The van der Waals surface area contributed by atoms with Crippen LogP contribution in [0, 0.1) is 0 Å². The lowest BCUT2D eigenvalue weighted by Gasteiger charge is -2.07. The van der Waals surface area contributed by atoms with Crippen molar-refractivity contribution in [2.24, 2.45) is 0 Å². The molecule has 0 aromatic heterocycles. The maximum absolute atomic E-state index is 12.3. The maximum atomic E-state index is 12.3. The summed E-state index contributed by atoms with van der Waals surface area (Å²) in [6.07, 6.45) is -1.74. The predicted octanol–water partition coefficient (Wildman–Crippen LogP) is 2.60. The van der Waals surface area contributed by atoms with Gasteiger partial charge in [0.05, 0.1) is 0 Å². The van der Waals surface area contributed by atoms with E-state index in [0.29, 0.717) is 6.42 Å². The molecule has 10 heavy (non-hydrogen) atoms. The van der Waals surface area contributed by atoms with E-state index in [9.17, 15) is 13.2 Å². The van der Waals surface area contributed by atoms with Crippen LogP contribution in [0.4, 0.5) is 13.2 Å². The monoisotopic (exact) mass is 152 g/mol. The molecule has 0 aliphatic carbocycles. The Balaban J connectivity index is 3.40. The van der Waals surface area contributed by atoms with Gasteiger partial charge in [-0.2, -0.15) is 0 Å². The van der Waals surface area contributed by atoms with Crippen LogP contribution in [0.5, 0.6) is 0 Å². The molecule has 0 amide bonds. The molecular formula is C7H11F3. The zero-order valence-electron chi connectivity index (χ0n) is 5.69. The van der Waals surface area contributed by atoms with Crippen molar-refractivity contribution in [2.45, 2.75) is 25.2 Å². The average molecular weight is 152 g/mol. The molecule has 0 saturated heterocycles. The molecule has 0 rings (SSSR count). The van der Waals surface area contributed by atoms with Gasteiger partial charge in [-0.1, -0.05) is 6.08 Å². The van der Waals surface area contributed by atoms with Crippen molar-refractivity contribution in [3.8, 4) is 0 Å². The number of alkyl halides is 3. The Morgan fingerprint density at radius 2 is 1.90 bits per heavy atom. The molecular weight excluding hydrogens is 141 g/mol. The smallest absolute Gasteiger partial charge is 0.159 e. The summed E-state index contributed by atoms with van der Waals surface area (Å²) in [5.41, 5.74) is 0. The highest BCUT2D eigenvalue weighted by atomic mass is 19.2. The molecule has 0 spiro atoms. The van der Waals surface area contributed by atoms with Crippen molar-refractivity contribution < 1.29 is 13.2 Å². The molecule has 0 bridgehead atoms. The van der Waals surface area contributed by atoms with E-state index in [4.69, 9.17) is 0 Å². The van der Waals surface area contributed by atoms with Gasteiger partial charge in [0.2, 0.25) is 0 Å². The van der Waals surface area contributed by atoms with Crippen LogP contribution in [0.25, 0.3) is 0 Å². The molecule has 0 heterocycles. The quantitative estimate of drug-likeness (QED) is 0.531. The third-order valence-corrected chi connectivity index (χ3v) is 1.19. The first-order valence-corrected chi connectivity index (χ1v) is 3.17. The lowest BCUT2D eigenvalue weighted by molar-refractivity contribution is 0.131. The molecule has 0 saturated carbocycles. The second-order valence-corrected chi connectivity index (χ2v) is 2.05. The summed E-state index contributed by atoms with van der Waals surface area (Å²) >= 11 is 0. The lowest BCUT2D eigenvalue weighted by Crippen LogP contribution is -2.18. The van der Waals surface area contributed by atoms with E-state index in [0.717, 1.165) is 0 Å². The molecule has 0 aromatic rings. The van der Waals surface area contributed by atoms with Gasteiger partial charge >= 0.3 is 0 Å². The minimum Gasteiger partial charge on any atom is -0.248 e. The molecule has 60 valence electrons. The van der Waals surface area contributed by atoms with E-state index in [1.807, 2.05) is 0 Å². The molecule has 0 aliphatic rings. The molecule has 0 fully saturated rings. The van der Waals surface area contributed by atoms with Gasteiger partial charge in [0.1, 0.15) is 12.8 Å². The highest BCUT2D eigenvalue weighted by Gasteiger charge is 2.18. The lowest BCUT2D eigenvalue weighted by atomic mass is 10.1. The van der Waals surface area contributed by atoms with Gasteiger partial charge in [0.25, 0.3) is 0 Å². The van der Waals surface area contributed by atoms with E-state index in [2.05, 4.69) is 6.58 Å². The summed E-state index contributed by atoms with van der Waals surface area (Å²) in [5.74, 6) is 0. The van der Waals surface area contributed by atoms with Crippen LogP contribution < -0.4 is 0 Å². The average Bonchev–Trinajstić information content (AvgIpc) is 1.98. The number of hydrogen-bond donors (Lipinski definition) is 0. The van der Waals surface area contributed by atoms with Crippen LogP contribution in [0.3, 0.4) is 0 Å². The van der Waals surface area contributed by atoms with Gasteiger partial charge in [0.15, 0.2) is 6.17 Å². The van der Waals surface area contributed by atoms with Crippen molar-refractivity contribution in [2.75, 3.05) is 6.67 Å². The zero-order chi connectivity index (χ0) is 7.98. The second kappa shape index (κ2) is 5.33. The molecule has 3 heteroatoms. The van der Waals surface area contributed by atoms with Crippen molar-refractivity contribution in [3.63, 3.8) is 0 Å². The highest BCUT2D eigenvalue weighted by molar-refractivity contribution is 4.73. The topological polar surface area (TPSA) is 0 Å².